The number of nitrogens with two attached hydrogens (primary N) is 1. The topological polar surface area (TPSA) is 77.0 Å². The van der Waals surface area contributed by atoms with Crippen molar-refractivity contribution < 1.29 is 18.0 Å². The Bertz CT molecular complexity index is 566. The Morgan fingerprint density at radius 2 is 1.87 bits per heavy atom. The molecule has 2 rings (SSSR count). The lowest BCUT2D eigenvalue weighted by Gasteiger charge is -2.40. The summed E-state index contributed by atoms with van der Waals surface area (Å²) in [6.45, 7) is 5.61. The third-order valence-corrected chi connectivity index (χ3v) is 5.04. The number of likely N-dealkylation sites (tertiary alicyclic amines) is 1. The monoisotopic (exact) mass is 351 g/mol. The van der Waals surface area contributed by atoms with Crippen LogP contribution in [0.4, 0.5) is 13.2 Å². The zero-order valence-electron chi connectivity index (χ0n) is 13.2. The Hall–Kier alpha value is -1.45. The lowest BCUT2D eigenvalue weighted by Crippen LogP contribution is -2.50. The fourth-order valence-corrected chi connectivity index (χ4v) is 3.65. The van der Waals surface area contributed by atoms with Gasteiger partial charge in [-0.05, 0) is 40.0 Å². The maximum absolute atomic E-state index is 12.7. The number of thioether (sulfide) groups is 1. The summed E-state index contributed by atoms with van der Waals surface area (Å²) in [5, 5.41) is 5.79. The second-order valence-corrected chi connectivity index (χ2v) is 7.12. The summed E-state index contributed by atoms with van der Waals surface area (Å²) in [6, 6.07) is 0.242. The largest absolute Gasteiger partial charge is 0.453 e. The van der Waals surface area contributed by atoms with Gasteiger partial charge in [0.05, 0.1) is 5.25 Å². The molecule has 6 nitrogen and oxygen atoms in total. The van der Waals surface area contributed by atoms with Gasteiger partial charge >= 0.3 is 6.18 Å². The van der Waals surface area contributed by atoms with Crippen LogP contribution in [-0.4, -0.2) is 43.0 Å². The van der Waals surface area contributed by atoms with E-state index in [1.165, 1.54) is 0 Å². The molecule has 0 aliphatic carbocycles. The van der Waals surface area contributed by atoms with E-state index < -0.39 is 17.3 Å². The minimum atomic E-state index is -4.68. The zero-order chi connectivity index (χ0) is 17.4. The summed E-state index contributed by atoms with van der Waals surface area (Å²) in [5.74, 6) is 4.00. The van der Waals surface area contributed by atoms with E-state index in [1.54, 1.807) is 6.92 Å². The van der Waals surface area contributed by atoms with Crippen LogP contribution < -0.4 is 5.84 Å². The van der Waals surface area contributed by atoms with Crippen LogP contribution in [0.25, 0.3) is 0 Å². The minimum absolute atomic E-state index is 0.119. The third-order valence-electron chi connectivity index (χ3n) is 4.00. The molecule has 0 unspecified atom stereocenters. The van der Waals surface area contributed by atoms with Crippen LogP contribution >= 0.6 is 11.8 Å². The fourth-order valence-electron chi connectivity index (χ4n) is 2.82. The van der Waals surface area contributed by atoms with Crippen molar-refractivity contribution in [1.82, 2.24) is 19.8 Å². The smallest absolute Gasteiger partial charge is 0.336 e. The summed E-state index contributed by atoms with van der Waals surface area (Å²) in [6.07, 6.45) is -1.75. The molecule has 130 valence electrons. The molecule has 1 aromatic rings. The van der Waals surface area contributed by atoms with Gasteiger partial charge in [0, 0.05) is 12.1 Å². The summed E-state index contributed by atoms with van der Waals surface area (Å²) in [4.78, 5) is 14.4. The number of alkyl halides is 3. The first-order chi connectivity index (χ1) is 10.6. The Morgan fingerprint density at radius 1 is 1.30 bits per heavy atom. The lowest BCUT2D eigenvalue weighted by atomic mass is 9.97. The van der Waals surface area contributed by atoms with Gasteiger partial charge in [0.15, 0.2) is 0 Å². The second-order valence-electron chi connectivity index (χ2n) is 5.81. The number of halogens is 3. The molecule has 1 saturated heterocycles. The van der Waals surface area contributed by atoms with Gasteiger partial charge in [0.1, 0.15) is 0 Å². The zero-order valence-corrected chi connectivity index (χ0v) is 14.0. The number of piperidine rings is 1. The van der Waals surface area contributed by atoms with E-state index in [2.05, 4.69) is 10.2 Å². The number of carbonyl (C=O) groups is 1. The van der Waals surface area contributed by atoms with Crippen LogP contribution in [0.15, 0.2) is 5.16 Å². The third kappa shape index (κ3) is 3.73. The molecule has 0 saturated carbocycles. The number of carbonyl (C=O) groups excluding carboxylic acids is 1. The maximum Gasteiger partial charge on any atom is 0.453 e. The van der Waals surface area contributed by atoms with Crippen molar-refractivity contribution in [2.24, 2.45) is 0 Å². The molecule has 0 bridgehead atoms. The van der Waals surface area contributed by atoms with E-state index in [4.69, 9.17) is 5.84 Å². The first-order valence-electron chi connectivity index (χ1n) is 7.39. The summed E-state index contributed by atoms with van der Waals surface area (Å²) >= 11 is 0.886. The number of hydrogen-bond donors (Lipinski definition) is 1. The predicted octanol–water partition coefficient (Wildman–Crippen LogP) is 2.28. The molecule has 1 aliphatic heterocycles. The van der Waals surface area contributed by atoms with Gasteiger partial charge < -0.3 is 10.7 Å². The van der Waals surface area contributed by atoms with Crippen molar-refractivity contribution in [3.63, 3.8) is 0 Å². The van der Waals surface area contributed by atoms with Gasteiger partial charge in [-0.25, -0.2) is 4.68 Å². The first kappa shape index (κ1) is 17.9. The molecular weight excluding hydrogens is 331 g/mol. The van der Waals surface area contributed by atoms with Crippen LogP contribution in [0.3, 0.4) is 0 Å². The molecule has 1 fully saturated rings. The van der Waals surface area contributed by atoms with Crippen LogP contribution in [0.5, 0.6) is 0 Å². The Kier molecular flexibility index (Phi) is 5.12. The number of hydrogen-bond acceptors (Lipinski definition) is 5. The standard InChI is InChI=1S/C13H20F3N5OS/c1-7-5-4-6-8(2)20(7)10(22)9(3)23-12-19-18-11(21(12)17)13(14,15)16/h7-9H,4-6,17H2,1-3H3/t7-,8+,9-/m1/s1. The Morgan fingerprint density at radius 3 is 2.35 bits per heavy atom. The average Bonchev–Trinajstić information content (AvgIpc) is 2.79. The van der Waals surface area contributed by atoms with Crippen molar-refractivity contribution in [3.8, 4) is 0 Å². The number of amides is 1. The molecule has 2 heterocycles. The van der Waals surface area contributed by atoms with Gasteiger partial charge in [0.2, 0.25) is 11.1 Å². The molecule has 1 aliphatic rings. The first-order valence-corrected chi connectivity index (χ1v) is 8.27. The molecule has 0 aromatic carbocycles. The minimum Gasteiger partial charge on any atom is -0.336 e. The van der Waals surface area contributed by atoms with Crippen molar-refractivity contribution in [2.75, 3.05) is 5.84 Å². The van der Waals surface area contributed by atoms with E-state index in [9.17, 15) is 18.0 Å². The summed E-state index contributed by atoms with van der Waals surface area (Å²) in [7, 11) is 0. The van der Waals surface area contributed by atoms with E-state index in [-0.39, 0.29) is 23.1 Å². The van der Waals surface area contributed by atoms with Gasteiger partial charge in [-0.2, -0.15) is 13.2 Å². The van der Waals surface area contributed by atoms with Gasteiger partial charge in [0.25, 0.3) is 5.82 Å². The van der Waals surface area contributed by atoms with Crippen LogP contribution in [0, 0.1) is 0 Å². The van der Waals surface area contributed by atoms with Gasteiger partial charge in [-0.1, -0.05) is 11.8 Å². The normalized spacial score (nSPS) is 23.8. The van der Waals surface area contributed by atoms with E-state index in [1.807, 2.05) is 18.7 Å². The lowest BCUT2D eigenvalue weighted by molar-refractivity contribution is -0.146. The highest BCUT2D eigenvalue weighted by Gasteiger charge is 2.39. The molecule has 10 heteroatoms. The van der Waals surface area contributed by atoms with Gasteiger partial charge in [-0.3, -0.25) is 4.79 Å². The molecule has 1 aromatic heterocycles. The van der Waals surface area contributed by atoms with E-state index in [0.717, 1.165) is 31.0 Å². The molecule has 23 heavy (non-hydrogen) atoms. The van der Waals surface area contributed by atoms with E-state index in [0.29, 0.717) is 4.68 Å². The maximum atomic E-state index is 12.7. The summed E-state index contributed by atoms with van der Waals surface area (Å²) in [5.41, 5.74) is 0. The number of nitrogens with zero attached hydrogens (tertiary/aromatic N) is 4. The molecule has 0 spiro atoms. The fraction of sp³-hybridized carbons (Fsp3) is 0.769. The molecule has 1 amide bonds. The second kappa shape index (κ2) is 6.58. The quantitative estimate of drug-likeness (QED) is 0.668. The van der Waals surface area contributed by atoms with Crippen molar-refractivity contribution in [2.45, 2.75) is 68.7 Å². The summed E-state index contributed by atoms with van der Waals surface area (Å²) < 4.78 is 38.4. The van der Waals surface area contributed by atoms with Crippen molar-refractivity contribution >= 4 is 17.7 Å². The Labute approximate surface area is 136 Å². The average molecular weight is 351 g/mol. The number of rotatable bonds is 3. The highest BCUT2D eigenvalue weighted by Crippen LogP contribution is 2.31. The van der Waals surface area contributed by atoms with E-state index >= 15 is 0 Å². The van der Waals surface area contributed by atoms with Crippen LogP contribution in [0.2, 0.25) is 0 Å². The molecule has 2 N–H and O–H groups in total. The highest BCUT2D eigenvalue weighted by molar-refractivity contribution is 8.00. The SMILES string of the molecule is C[C@@H]1CCC[C@H](C)N1C(=O)[C@@H](C)Sc1nnc(C(F)(F)F)n1N. The van der Waals surface area contributed by atoms with Crippen LogP contribution in [-0.2, 0) is 11.0 Å². The van der Waals surface area contributed by atoms with Crippen LogP contribution in [0.1, 0.15) is 45.9 Å². The molecule has 0 radical (unpaired) electrons. The predicted molar refractivity (Wildman–Crippen MR) is 80.1 cm³/mol. The van der Waals surface area contributed by atoms with Crippen molar-refractivity contribution in [3.05, 3.63) is 5.82 Å². The number of aromatic nitrogens is 3. The number of nitrogen functional groups attached to an aromatic ring is 1. The van der Waals surface area contributed by atoms with Gasteiger partial charge in [-0.15, -0.1) is 10.2 Å². The Balaban J connectivity index is 2.11. The van der Waals surface area contributed by atoms with Crippen molar-refractivity contribution in [1.29, 1.82) is 0 Å². The molecular formula is C13H20F3N5OS. The highest BCUT2D eigenvalue weighted by atomic mass is 32.2. The molecule has 3 atom stereocenters.